The molecule has 0 aromatic carbocycles. The van der Waals surface area contributed by atoms with Crippen molar-refractivity contribution in [2.75, 3.05) is 26.2 Å². The van der Waals surface area contributed by atoms with Gasteiger partial charge in [-0.2, -0.15) is 0 Å². The molecule has 0 aliphatic carbocycles. The summed E-state index contributed by atoms with van der Waals surface area (Å²) in [6, 6.07) is 2.53. The fourth-order valence-electron chi connectivity index (χ4n) is 3.22. The van der Waals surface area contributed by atoms with E-state index in [-0.39, 0.29) is 0 Å². The van der Waals surface area contributed by atoms with E-state index in [1.54, 1.807) is 0 Å². The summed E-state index contributed by atoms with van der Waals surface area (Å²) in [6.45, 7) is 13.5. The van der Waals surface area contributed by atoms with E-state index in [0.717, 1.165) is 18.1 Å². The number of rotatable bonds is 6. The summed E-state index contributed by atoms with van der Waals surface area (Å²) in [5.41, 5.74) is 1.30. The highest BCUT2D eigenvalue weighted by molar-refractivity contribution is 5.23. The van der Waals surface area contributed by atoms with Crippen molar-refractivity contribution in [1.29, 1.82) is 0 Å². The lowest BCUT2D eigenvalue weighted by atomic mass is 10.1. The van der Waals surface area contributed by atoms with Crippen LogP contribution < -0.4 is 5.32 Å². The zero-order chi connectivity index (χ0) is 14.5. The van der Waals surface area contributed by atoms with Gasteiger partial charge in [-0.3, -0.25) is 0 Å². The first-order valence-electron chi connectivity index (χ1n) is 8.09. The van der Waals surface area contributed by atoms with Gasteiger partial charge in [0.15, 0.2) is 0 Å². The van der Waals surface area contributed by atoms with Crippen molar-refractivity contribution in [2.45, 2.75) is 53.0 Å². The van der Waals surface area contributed by atoms with Gasteiger partial charge >= 0.3 is 0 Å². The van der Waals surface area contributed by atoms with E-state index < -0.39 is 0 Å². The summed E-state index contributed by atoms with van der Waals surface area (Å²) in [5.74, 6) is 2.75. The number of likely N-dealkylation sites (tertiary alicyclic amines) is 1. The Labute approximate surface area is 123 Å². The Hall–Kier alpha value is -0.800. The minimum Gasteiger partial charge on any atom is -0.466 e. The topological polar surface area (TPSA) is 28.4 Å². The molecular weight excluding hydrogens is 248 g/mol. The highest BCUT2D eigenvalue weighted by atomic mass is 16.3. The van der Waals surface area contributed by atoms with Crippen LogP contribution in [0.15, 0.2) is 10.5 Å². The number of hydrogen-bond donors (Lipinski definition) is 1. The summed E-state index contributed by atoms with van der Waals surface area (Å²) in [7, 11) is 0. The van der Waals surface area contributed by atoms with Crippen LogP contribution in [0.4, 0.5) is 0 Å². The Balaban J connectivity index is 1.74. The lowest BCUT2D eigenvalue weighted by Crippen LogP contribution is -2.37. The van der Waals surface area contributed by atoms with Crippen molar-refractivity contribution in [3.05, 3.63) is 23.2 Å². The zero-order valence-electron chi connectivity index (χ0n) is 13.5. The first-order chi connectivity index (χ1) is 9.56. The monoisotopic (exact) mass is 278 g/mol. The highest BCUT2D eigenvalue weighted by Crippen LogP contribution is 2.21. The normalized spacial score (nSPS) is 20.0. The second kappa shape index (κ2) is 7.28. The van der Waals surface area contributed by atoms with Gasteiger partial charge in [-0.05, 0) is 65.2 Å². The van der Waals surface area contributed by atoms with E-state index in [2.05, 4.69) is 37.1 Å². The van der Waals surface area contributed by atoms with Crippen molar-refractivity contribution in [3.8, 4) is 0 Å². The van der Waals surface area contributed by atoms with Gasteiger partial charge in [0.05, 0.1) is 0 Å². The fraction of sp³-hybridized carbons (Fsp3) is 0.765. The van der Waals surface area contributed by atoms with Crippen LogP contribution in [-0.2, 0) is 0 Å². The van der Waals surface area contributed by atoms with Crippen LogP contribution in [-0.4, -0.2) is 31.1 Å². The number of hydrogen-bond acceptors (Lipinski definition) is 3. The van der Waals surface area contributed by atoms with Crippen molar-refractivity contribution in [3.63, 3.8) is 0 Å². The van der Waals surface area contributed by atoms with Crippen LogP contribution >= 0.6 is 0 Å². The largest absolute Gasteiger partial charge is 0.466 e. The van der Waals surface area contributed by atoms with Gasteiger partial charge in [-0.25, -0.2) is 0 Å². The third kappa shape index (κ3) is 4.35. The predicted octanol–water partition coefficient (Wildman–Crippen LogP) is 3.67. The first-order valence-corrected chi connectivity index (χ1v) is 8.09. The number of nitrogens with zero attached hydrogens (tertiary/aromatic N) is 1. The summed E-state index contributed by atoms with van der Waals surface area (Å²) in [5, 5.41) is 3.66. The van der Waals surface area contributed by atoms with Crippen LogP contribution in [0.2, 0.25) is 0 Å². The molecule has 0 saturated carbocycles. The van der Waals surface area contributed by atoms with Crippen molar-refractivity contribution in [2.24, 2.45) is 5.92 Å². The highest BCUT2D eigenvalue weighted by Gasteiger charge is 2.16. The van der Waals surface area contributed by atoms with Crippen molar-refractivity contribution >= 4 is 0 Å². The third-order valence-electron chi connectivity index (χ3n) is 4.34. The molecule has 1 fully saturated rings. The predicted molar refractivity (Wildman–Crippen MR) is 84.1 cm³/mol. The molecule has 1 aromatic heterocycles. The minimum atomic E-state index is 0.372. The van der Waals surface area contributed by atoms with Gasteiger partial charge < -0.3 is 14.6 Å². The Kier molecular flexibility index (Phi) is 5.67. The van der Waals surface area contributed by atoms with Crippen LogP contribution in [0.3, 0.4) is 0 Å². The maximum Gasteiger partial charge on any atom is 0.105 e. The molecule has 2 unspecified atom stereocenters. The minimum absolute atomic E-state index is 0.372. The standard InChI is InChI=1S/C17H30N2O/c1-13(12-19-8-6-5-7-9-19)11-18-15(3)17-10-14(2)20-16(17)4/h10,13,15,18H,5-9,11-12H2,1-4H3. The second-order valence-corrected chi connectivity index (χ2v) is 6.46. The van der Waals surface area contributed by atoms with E-state index in [1.165, 1.54) is 44.5 Å². The van der Waals surface area contributed by atoms with Crippen LogP contribution in [0.1, 0.15) is 56.2 Å². The van der Waals surface area contributed by atoms with Crippen LogP contribution in [0, 0.1) is 19.8 Å². The molecule has 1 N–H and O–H groups in total. The summed E-state index contributed by atoms with van der Waals surface area (Å²) < 4.78 is 5.62. The van der Waals surface area contributed by atoms with Gasteiger partial charge in [0.2, 0.25) is 0 Å². The van der Waals surface area contributed by atoms with Crippen LogP contribution in [0.25, 0.3) is 0 Å². The molecule has 2 heterocycles. The number of aryl methyl sites for hydroxylation is 2. The molecule has 0 radical (unpaired) electrons. The maximum absolute atomic E-state index is 5.62. The smallest absolute Gasteiger partial charge is 0.105 e. The number of nitrogens with one attached hydrogen (secondary N) is 1. The van der Waals surface area contributed by atoms with E-state index in [9.17, 15) is 0 Å². The molecular formula is C17H30N2O. The maximum atomic E-state index is 5.62. The number of furan rings is 1. The second-order valence-electron chi connectivity index (χ2n) is 6.46. The molecule has 114 valence electrons. The molecule has 3 heteroatoms. The average molecular weight is 278 g/mol. The fourth-order valence-corrected chi connectivity index (χ4v) is 3.22. The lowest BCUT2D eigenvalue weighted by molar-refractivity contribution is 0.197. The summed E-state index contributed by atoms with van der Waals surface area (Å²) in [6.07, 6.45) is 4.17. The first kappa shape index (κ1) is 15.6. The molecule has 1 aliphatic heterocycles. The Bertz CT molecular complexity index is 407. The zero-order valence-corrected chi connectivity index (χ0v) is 13.5. The summed E-state index contributed by atoms with van der Waals surface area (Å²) in [4.78, 5) is 2.62. The molecule has 0 spiro atoms. The van der Waals surface area contributed by atoms with E-state index in [0.29, 0.717) is 12.0 Å². The van der Waals surface area contributed by atoms with Crippen molar-refractivity contribution < 1.29 is 4.42 Å². The van der Waals surface area contributed by atoms with E-state index in [4.69, 9.17) is 4.42 Å². The van der Waals surface area contributed by atoms with Gasteiger partial charge in [0.1, 0.15) is 11.5 Å². The molecule has 0 bridgehead atoms. The summed E-state index contributed by atoms with van der Waals surface area (Å²) >= 11 is 0. The van der Waals surface area contributed by atoms with E-state index in [1.807, 2.05) is 6.92 Å². The SMILES string of the molecule is Cc1cc(C(C)NCC(C)CN2CCCCC2)c(C)o1. The number of piperidine rings is 1. The molecule has 0 amide bonds. The van der Waals surface area contributed by atoms with Crippen LogP contribution in [0.5, 0.6) is 0 Å². The van der Waals surface area contributed by atoms with Gasteiger partial charge in [0.25, 0.3) is 0 Å². The molecule has 3 nitrogen and oxygen atoms in total. The molecule has 2 rings (SSSR count). The Morgan fingerprint density at radius 2 is 1.90 bits per heavy atom. The van der Waals surface area contributed by atoms with Crippen molar-refractivity contribution in [1.82, 2.24) is 10.2 Å². The Morgan fingerprint density at radius 3 is 2.50 bits per heavy atom. The molecule has 20 heavy (non-hydrogen) atoms. The quantitative estimate of drug-likeness (QED) is 0.860. The lowest BCUT2D eigenvalue weighted by Gasteiger charge is -2.29. The average Bonchev–Trinajstić information content (AvgIpc) is 2.76. The van der Waals surface area contributed by atoms with Gasteiger partial charge in [-0.15, -0.1) is 0 Å². The molecule has 1 aliphatic rings. The molecule has 2 atom stereocenters. The molecule has 1 saturated heterocycles. The molecule has 1 aromatic rings. The van der Waals surface area contributed by atoms with Gasteiger partial charge in [0, 0.05) is 18.2 Å². The van der Waals surface area contributed by atoms with Gasteiger partial charge in [-0.1, -0.05) is 13.3 Å². The Morgan fingerprint density at radius 1 is 1.20 bits per heavy atom. The third-order valence-corrected chi connectivity index (χ3v) is 4.34. The van der Waals surface area contributed by atoms with E-state index >= 15 is 0 Å².